The molecule has 2 rings (SSSR count). The largest absolute Gasteiger partial charge is 0.358 e. The van der Waals surface area contributed by atoms with Gasteiger partial charge in [0.05, 0.1) is 6.54 Å². The van der Waals surface area contributed by atoms with E-state index in [1.165, 1.54) is 32.1 Å². The van der Waals surface area contributed by atoms with Crippen molar-refractivity contribution in [3.05, 3.63) is 0 Å². The molecule has 2 aliphatic rings. The van der Waals surface area contributed by atoms with Crippen molar-refractivity contribution in [2.75, 3.05) is 39.8 Å². The fourth-order valence-corrected chi connectivity index (χ4v) is 3.40. The van der Waals surface area contributed by atoms with Gasteiger partial charge in [0.15, 0.2) is 0 Å². The molecule has 1 saturated heterocycles. The van der Waals surface area contributed by atoms with Crippen molar-refractivity contribution in [2.24, 2.45) is 5.92 Å². The molecule has 120 valence electrons. The standard InChI is InChI=1S/C16H29N3O2/c1-17-15(20)13-18-9-11-19(12-10-18)16(21)8-7-14-5-3-2-4-6-14/h14H,2-13H2,1H3,(H,17,20). The van der Waals surface area contributed by atoms with E-state index in [9.17, 15) is 9.59 Å². The number of likely N-dealkylation sites (N-methyl/N-ethyl adjacent to an activating group) is 1. The van der Waals surface area contributed by atoms with Crippen molar-refractivity contribution in [1.82, 2.24) is 15.1 Å². The second-order valence-electron chi connectivity index (χ2n) is 6.37. The molecule has 21 heavy (non-hydrogen) atoms. The van der Waals surface area contributed by atoms with E-state index in [2.05, 4.69) is 10.2 Å². The van der Waals surface area contributed by atoms with Crippen molar-refractivity contribution in [3.8, 4) is 0 Å². The lowest BCUT2D eigenvalue weighted by molar-refractivity contribution is -0.133. The van der Waals surface area contributed by atoms with E-state index in [4.69, 9.17) is 0 Å². The first-order valence-electron chi connectivity index (χ1n) is 8.39. The molecule has 0 unspecified atom stereocenters. The van der Waals surface area contributed by atoms with E-state index in [-0.39, 0.29) is 5.91 Å². The van der Waals surface area contributed by atoms with Crippen molar-refractivity contribution >= 4 is 11.8 Å². The van der Waals surface area contributed by atoms with Crippen LogP contribution in [0, 0.1) is 5.92 Å². The predicted molar refractivity (Wildman–Crippen MR) is 82.9 cm³/mol. The second-order valence-corrected chi connectivity index (χ2v) is 6.37. The molecule has 0 aromatic heterocycles. The normalized spacial score (nSPS) is 21.3. The third kappa shape index (κ3) is 5.30. The summed E-state index contributed by atoms with van der Waals surface area (Å²) in [6, 6.07) is 0. The first-order chi connectivity index (χ1) is 10.2. The third-order valence-electron chi connectivity index (χ3n) is 4.86. The quantitative estimate of drug-likeness (QED) is 0.830. The summed E-state index contributed by atoms with van der Waals surface area (Å²) in [5, 5.41) is 2.64. The molecule has 0 aromatic rings. The van der Waals surface area contributed by atoms with Crippen LogP contribution in [-0.4, -0.2) is 61.4 Å². The van der Waals surface area contributed by atoms with Gasteiger partial charge in [0.1, 0.15) is 0 Å². The number of amides is 2. The first kappa shape index (κ1) is 16.3. The number of carbonyl (C=O) groups excluding carboxylic acids is 2. The fraction of sp³-hybridized carbons (Fsp3) is 0.875. The smallest absolute Gasteiger partial charge is 0.233 e. The van der Waals surface area contributed by atoms with Crippen LogP contribution in [0.3, 0.4) is 0 Å². The van der Waals surface area contributed by atoms with Gasteiger partial charge >= 0.3 is 0 Å². The monoisotopic (exact) mass is 295 g/mol. The van der Waals surface area contributed by atoms with Gasteiger partial charge in [-0.15, -0.1) is 0 Å². The van der Waals surface area contributed by atoms with Crippen LogP contribution in [-0.2, 0) is 9.59 Å². The fourth-order valence-electron chi connectivity index (χ4n) is 3.40. The Kier molecular flexibility index (Phi) is 6.49. The zero-order valence-corrected chi connectivity index (χ0v) is 13.3. The number of rotatable bonds is 5. The lowest BCUT2D eigenvalue weighted by atomic mass is 9.86. The lowest BCUT2D eigenvalue weighted by Crippen LogP contribution is -2.50. The molecule has 0 radical (unpaired) electrons. The predicted octanol–water partition coefficient (Wildman–Crippen LogP) is 1.24. The van der Waals surface area contributed by atoms with Crippen LogP contribution in [0.1, 0.15) is 44.9 Å². The lowest BCUT2D eigenvalue weighted by Gasteiger charge is -2.34. The Labute approximate surface area is 128 Å². The highest BCUT2D eigenvalue weighted by molar-refractivity contribution is 5.78. The molecule has 1 heterocycles. The zero-order chi connectivity index (χ0) is 15.1. The van der Waals surface area contributed by atoms with E-state index in [1.54, 1.807) is 7.05 Å². The number of hydrogen-bond acceptors (Lipinski definition) is 3. The van der Waals surface area contributed by atoms with E-state index >= 15 is 0 Å². The summed E-state index contributed by atoms with van der Waals surface area (Å²) < 4.78 is 0. The molecular formula is C16H29N3O2. The zero-order valence-electron chi connectivity index (χ0n) is 13.3. The number of hydrogen-bond donors (Lipinski definition) is 1. The van der Waals surface area contributed by atoms with Gasteiger partial charge in [-0.2, -0.15) is 0 Å². The highest BCUT2D eigenvalue weighted by Gasteiger charge is 2.23. The van der Waals surface area contributed by atoms with Gasteiger partial charge in [0.25, 0.3) is 0 Å². The van der Waals surface area contributed by atoms with Crippen molar-refractivity contribution < 1.29 is 9.59 Å². The van der Waals surface area contributed by atoms with Gasteiger partial charge in [-0.25, -0.2) is 0 Å². The number of nitrogens with zero attached hydrogens (tertiary/aromatic N) is 2. The maximum Gasteiger partial charge on any atom is 0.233 e. The average Bonchev–Trinajstić information content (AvgIpc) is 2.54. The Morgan fingerprint density at radius 2 is 1.71 bits per heavy atom. The van der Waals surface area contributed by atoms with Crippen LogP contribution >= 0.6 is 0 Å². The highest BCUT2D eigenvalue weighted by Crippen LogP contribution is 2.27. The molecule has 1 aliphatic heterocycles. The van der Waals surface area contributed by atoms with Crippen molar-refractivity contribution in [3.63, 3.8) is 0 Å². The topological polar surface area (TPSA) is 52.7 Å². The summed E-state index contributed by atoms with van der Waals surface area (Å²) in [5.41, 5.74) is 0. The average molecular weight is 295 g/mol. The SMILES string of the molecule is CNC(=O)CN1CCN(C(=O)CCC2CCCCC2)CC1. The number of carbonyl (C=O) groups is 2. The summed E-state index contributed by atoms with van der Waals surface area (Å²) in [4.78, 5) is 27.7. The van der Waals surface area contributed by atoms with E-state index in [0.29, 0.717) is 18.9 Å². The number of nitrogens with one attached hydrogen (secondary N) is 1. The molecule has 5 heteroatoms. The Bertz CT molecular complexity index is 345. The van der Waals surface area contributed by atoms with Crippen LogP contribution in [0.2, 0.25) is 0 Å². The van der Waals surface area contributed by atoms with Gasteiger partial charge in [0, 0.05) is 39.6 Å². The van der Waals surface area contributed by atoms with E-state index in [0.717, 1.165) is 38.5 Å². The summed E-state index contributed by atoms with van der Waals surface area (Å²) in [5.74, 6) is 1.13. The summed E-state index contributed by atoms with van der Waals surface area (Å²) in [6.07, 6.45) is 8.46. The molecule has 0 spiro atoms. The summed E-state index contributed by atoms with van der Waals surface area (Å²) >= 11 is 0. The second kappa shape index (κ2) is 8.37. The van der Waals surface area contributed by atoms with Gasteiger partial charge < -0.3 is 10.2 Å². The molecule has 1 saturated carbocycles. The number of piperazine rings is 1. The molecule has 1 aliphatic carbocycles. The molecule has 0 atom stereocenters. The molecule has 2 amide bonds. The summed E-state index contributed by atoms with van der Waals surface area (Å²) in [7, 11) is 1.66. The van der Waals surface area contributed by atoms with Crippen molar-refractivity contribution in [2.45, 2.75) is 44.9 Å². The van der Waals surface area contributed by atoms with Gasteiger partial charge in [-0.05, 0) is 12.3 Å². The maximum absolute atomic E-state index is 12.3. The Morgan fingerprint density at radius 3 is 2.33 bits per heavy atom. The van der Waals surface area contributed by atoms with Crippen LogP contribution in [0.5, 0.6) is 0 Å². The Balaban J connectivity index is 1.64. The third-order valence-corrected chi connectivity index (χ3v) is 4.86. The molecule has 1 N–H and O–H groups in total. The molecule has 0 bridgehead atoms. The van der Waals surface area contributed by atoms with E-state index < -0.39 is 0 Å². The van der Waals surface area contributed by atoms with Gasteiger partial charge in [-0.1, -0.05) is 32.1 Å². The first-order valence-corrected chi connectivity index (χ1v) is 8.39. The minimum atomic E-state index is 0.0482. The van der Waals surface area contributed by atoms with Crippen LogP contribution in [0.4, 0.5) is 0 Å². The van der Waals surface area contributed by atoms with E-state index in [1.807, 2.05) is 4.90 Å². The molecule has 2 fully saturated rings. The molecule has 5 nitrogen and oxygen atoms in total. The van der Waals surface area contributed by atoms with Crippen LogP contribution < -0.4 is 5.32 Å². The van der Waals surface area contributed by atoms with Gasteiger partial charge in [-0.3, -0.25) is 14.5 Å². The Morgan fingerprint density at radius 1 is 1.05 bits per heavy atom. The van der Waals surface area contributed by atoms with Crippen LogP contribution in [0.15, 0.2) is 0 Å². The van der Waals surface area contributed by atoms with Crippen molar-refractivity contribution in [1.29, 1.82) is 0 Å². The summed E-state index contributed by atoms with van der Waals surface area (Å²) in [6.45, 7) is 3.59. The maximum atomic E-state index is 12.3. The highest BCUT2D eigenvalue weighted by atomic mass is 16.2. The minimum Gasteiger partial charge on any atom is -0.358 e. The molecule has 0 aromatic carbocycles. The molecular weight excluding hydrogens is 266 g/mol. The van der Waals surface area contributed by atoms with Crippen LogP contribution in [0.25, 0.3) is 0 Å². The minimum absolute atomic E-state index is 0.0482. The van der Waals surface area contributed by atoms with Gasteiger partial charge in [0.2, 0.25) is 11.8 Å². The Hall–Kier alpha value is -1.10.